The van der Waals surface area contributed by atoms with Gasteiger partial charge < -0.3 is 10.5 Å². The van der Waals surface area contributed by atoms with E-state index in [9.17, 15) is 10.1 Å². The van der Waals surface area contributed by atoms with E-state index in [-0.39, 0.29) is 12.0 Å². The predicted octanol–water partition coefficient (Wildman–Crippen LogP) is 2.88. The van der Waals surface area contributed by atoms with Crippen LogP contribution in [0.25, 0.3) is 0 Å². The molecule has 2 rings (SSSR count). The lowest BCUT2D eigenvalue weighted by atomic mass is 9.79. The second-order valence-corrected chi connectivity index (χ2v) is 5.37. The summed E-state index contributed by atoms with van der Waals surface area (Å²) in [5, 5.41) is 9.22. The van der Waals surface area contributed by atoms with Crippen molar-refractivity contribution in [1.29, 1.82) is 5.26 Å². The van der Waals surface area contributed by atoms with Crippen molar-refractivity contribution in [2.24, 2.45) is 17.6 Å². The number of carbonyl (C=O) groups is 1. The van der Waals surface area contributed by atoms with Gasteiger partial charge in [-0.05, 0) is 49.4 Å². The van der Waals surface area contributed by atoms with Crippen molar-refractivity contribution in [2.75, 3.05) is 0 Å². The summed E-state index contributed by atoms with van der Waals surface area (Å²) in [7, 11) is 0. The van der Waals surface area contributed by atoms with Crippen LogP contribution in [0.4, 0.5) is 0 Å². The number of primary amides is 1. The second kappa shape index (κ2) is 6.42. The molecule has 0 bridgehead atoms. The molecule has 20 heavy (non-hydrogen) atoms. The molecule has 4 heteroatoms. The first-order valence-electron chi connectivity index (χ1n) is 7.10. The van der Waals surface area contributed by atoms with Gasteiger partial charge in [0, 0.05) is 5.56 Å². The number of nitrogens with zero attached hydrogens (tertiary/aromatic N) is 1. The first-order valence-corrected chi connectivity index (χ1v) is 7.10. The quantitative estimate of drug-likeness (QED) is 0.915. The fourth-order valence-electron chi connectivity index (χ4n) is 2.73. The summed E-state index contributed by atoms with van der Waals surface area (Å²) in [5.74, 6) is 0.829. The van der Waals surface area contributed by atoms with Gasteiger partial charge in [0.1, 0.15) is 11.9 Å². The third kappa shape index (κ3) is 3.30. The van der Waals surface area contributed by atoms with E-state index in [0.717, 1.165) is 25.7 Å². The Morgan fingerprint density at radius 2 is 2.10 bits per heavy atom. The van der Waals surface area contributed by atoms with Gasteiger partial charge in [-0.2, -0.15) is 5.26 Å². The first kappa shape index (κ1) is 14.4. The number of nitriles is 1. The number of amides is 1. The highest BCUT2D eigenvalue weighted by Crippen LogP contribution is 2.33. The molecular formula is C16H20N2O2. The number of hydrogen-bond acceptors (Lipinski definition) is 3. The Hall–Kier alpha value is -2.02. The Kier molecular flexibility index (Phi) is 4.62. The molecule has 0 spiro atoms. The summed E-state index contributed by atoms with van der Waals surface area (Å²) in [6.07, 6.45) is 4.00. The molecule has 0 saturated heterocycles. The summed E-state index contributed by atoms with van der Waals surface area (Å²) in [5.41, 5.74) is 5.67. The molecule has 106 valence electrons. The number of rotatable bonds is 4. The largest absolute Gasteiger partial charge is 0.489 e. The number of ether oxygens (including phenoxy) is 1. The molecule has 1 aromatic rings. The normalized spacial score (nSPS) is 25.7. The zero-order valence-electron chi connectivity index (χ0n) is 11.7. The molecule has 3 atom stereocenters. The Bertz CT molecular complexity index is 504. The minimum atomic E-state index is -0.449. The van der Waals surface area contributed by atoms with Crippen LogP contribution >= 0.6 is 0 Å². The highest BCUT2D eigenvalue weighted by atomic mass is 16.5. The zero-order valence-corrected chi connectivity index (χ0v) is 11.7. The second-order valence-electron chi connectivity index (χ2n) is 5.37. The minimum absolute atomic E-state index is 0.0476. The zero-order chi connectivity index (χ0) is 14.5. The van der Waals surface area contributed by atoms with E-state index in [2.05, 4.69) is 13.0 Å². The van der Waals surface area contributed by atoms with Crippen LogP contribution in [0.15, 0.2) is 24.3 Å². The molecule has 3 unspecified atom stereocenters. The third-order valence-corrected chi connectivity index (χ3v) is 4.07. The van der Waals surface area contributed by atoms with E-state index in [4.69, 9.17) is 10.5 Å². The summed E-state index contributed by atoms with van der Waals surface area (Å²) in [6.45, 7) is 2.18. The first-order chi connectivity index (χ1) is 9.63. The van der Waals surface area contributed by atoms with Crippen LogP contribution < -0.4 is 10.5 Å². The number of nitrogens with two attached hydrogens (primary N) is 1. The molecule has 2 N–H and O–H groups in total. The smallest absolute Gasteiger partial charge is 0.248 e. The van der Waals surface area contributed by atoms with E-state index in [1.807, 2.05) is 0 Å². The van der Waals surface area contributed by atoms with Crippen LogP contribution in [0.1, 0.15) is 43.0 Å². The van der Waals surface area contributed by atoms with Gasteiger partial charge in [-0.25, -0.2) is 0 Å². The highest BCUT2D eigenvalue weighted by molar-refractivity contribution is 5.92. The maximum atomic E-state index is 11.0. The summed E-state index contributed by atoms with van der Waals surface area (Å²) >= 11 is 0. The van der Waals surface area contributed by atoms with E-state index in [1.54, 1.807) is 24.3 Å². The molecule has 0 heterocycles. The maximum absolute atomic E-state index is 11.0. The lowest BCUT2D eigenvalue weighted by Gasteiger charge is -2.32. The van der Waals surface area contributed by atoms with E-state index < -0.39 is 5.91 Å². The summed E-state index contributed by atoms with van der Waals surface area (Å²) in [6, 6.07) is 9.13. The fourth-order valence-corrected chi connectivity index (χ4v) is 2.73. The van der Waals surface area contributed by atoms with Gasteiger partial charge >= 0.3 is 0 Å². The van der Waals surface area contributed by atoms with Crippen molar-refractivity contribution in [3.63, 3.8) is 0 Å². The van der Waals surface area contributed by atoms with Gasteiger partial charge in [0.25, 0.3) is 0 Å². The summed E-state index contributed by atoms with van der Waals surface area (Å²) in [4.78, 5) is 11.0. The van der Waals surface area contributed by atoms with E-state index >= 15 is 0 Å². The molecule has 0 aromatic heterocycles. The van der Waals surface area contributed by atoms with Crippen LogP contribution in [0.3, 0.4) is 0 Å². The maximum Gasteiger partial charge on any atom is 0.248 e. The average Bonchev–Trinajstić information content (AvgIpc) is 2.47. The van der Waals surface area contributed by atoms with Gasteiger partial charge in [-0.1, -0.05) is 13.3 Å². The van der Waals surface area contributed by atoms with Crippen LogP contribution in [-0.4, -0.2) is 12.0 Å². The molecular weight excluding hydrogens is 252 g/mol. The number of benzene rings is 1. The SMILES string of the molecule is CCC1CCC(C#N)C(Oc2ccc(C(N)=O)cc2)C1. The standard InChI is InChI=1S/C16H20N2O2/c1-2-11-3-4-13(10-17)15(9-11)20-14-7-5-12(6-8-14)16(18)19/h5-8,11,13,15H,2-4,9H2,1H3,(H2,18,19). The monoisotopic (exact) mass is 272 g/mol. The van der Waals surface area contributed by atoms with E-state index in [0.29, 0.717) is 17.2 Å². The molecule has 1 fully saturated rings. The van der Waals surface area contributed by atoms with Gasteiger partial charge in [-0.15, -0.1) is 0 Å². The van der Waals surface area contributed by atoms with Crippen molar-refractivity contribution in [2.45, 2.75) is 38.7 Å². The average molecular weight is 272 g/mol. The number of hydrogen-bond donors (Lipinski definition) is 1. The van der Waals surface area contributed by atoms with Gasteiger partial charge in [0.2, 0.25) is 5.91 Å². The lowest BCUT2D eigenvalue weighted by Crippen LogP contribution is -2.33. The van der Waals surface area contributed by atoms with Crippen LogP contribution in [0.2, 0.25) is 0 Å². The molecule has 1 aliphatic carbocycles. The van der Waals surface area contributed by atoms with Crippen LogP contribution in [0, 0.1) is 23.2 Å². The van der Waals surface area contributed by atoms with Crippen molar-refractivity contribution in [1.82, 2.24) is 0 Å². The van der Waals surface area contributed by atoms with Gasteiger partial charge in [-0.3, -0.25) is 4.79 Å². The third-order valence-electron chi connectivity index (χ3n) is 4.07. The number of carbonyl (C=O) groups excluding carboxylic acids is 1. The Morgan fingerprint density at radius 3 is 2.65 bits per heavy atom. The molecule has 4 nitrogen and oxygen atoms in total. The predicted molar refractivity (Wildman–Crippen MR) is 76.1 cm³/mol. The van der Waals surface area contributed by atoms with Crippen LogP contribution in [0.5, 0.6) is 5.75 Å². The minimum Gasteiger partial charge on any atom is -0.489 e. The van der Waals surface area contributed by atoms with Crippen molar-refractivity contribution in [3.05, 3.63) is 29.8 Å². The molecule has 1 aromatic carbocycles. The fraction of sp³-hybridized carbons (Fsp3) is 0.500. The van der Waals surface area contributed by atoms with E-state index in [1.165, 1.54) is 0 Å². The molecule has 0 radical (unpaired) electrons. The molecule has 1 aliphatic rings. The molecule has 1 saturated carbocycles. The molecule has 0 aliphatic heterocycles. The summed E-state index contributed by atoms with van der Waals surface area (Å²) < 4.78 is 5.95. The van der Waals surface area contributed by atoms with Crippen molar-refractivity contribution >= 4 is 5.91 Å². The van der Waals surface area contributed by atoms with Crippen molar-refractivity contribution in [3.8, 4) is 11.8 Å². The Morgan fingerprint density at radius 1 is 1.40 bits per heavy atom. The van der Waals surface area contributed by atoms with Crippen LogP contribution in [-0.2, 0) is 0 Å². The Labute approximate surface area is 119 Å². The Balaban J connectivity index is 2.06. The van der Waals surface area contributed by atoms with Gasteiger partial charge in [0.15, 0.2) is 0 Å². The molecule has 1 amide bonds. The van der Waals surface area contributed by atoms with Gasteiger partial charge in [0.05, 0.1) is 12.0 Å². The highest BCUT2D eigenvalue weighted by Gasteiger charge is 2.31. The lowest BCUT2D eigenvalue weighted by molar-refractivity contribution is 0.0892. The topological polar surface area (TPSA) is 76.1 Å². The van der Waals surface area contributed by atoms with Crippen molar-refractivity contribution < 1.29 is 9.53 Å².